The molecule has 2 aromatic carbocycles. The standard InChI is InChI=1S/C28H36N6O2S/c1-4-16-34-27(35)25-26(33(28(34)36)17-14-20-6-10-22(29)11-7-20)31-24(32(25)18-15-30-5-2)19-21-8-12-23(37-3)13-9-21/h6-13,30H,4-5,14-19,29H2,1-3H3. The smallest absolute Gasteiger partial charge is 0.332 e. The highest BCUT2D eigenvalue weighted by Gasteiger charge is 2.21. The van der Waals surface area contributed by atoms with Crippen molar-refractivity contribution in [3.63, 3.8) is 0 Å². The second kappa shape index (κ2) is 12.3. The fourth-order valence-electron chi connectivity index (χ4n) is 4.55. The van der Waals surface area contributed by atoms with Gasteiger partial charge >= 0.3 is 5.69 Å². The van der Waals surface area contributed by atoms with Crippen LogP contribution in [0, 0.1) is 0 Å². The molecule has 8 nitrogen and oxygen atoms in total. The molecule has 2 aromatic heterocycles. The van der Waals surface area contributed by atoms with Gasteiger partial charge in [-0.1, -0.05) is 38.1 Å². The van der Waals surface area contributed by atoms with Gasteiger partial charge in [0.1, 0.15) is 5.82 Å². The molecular formula is C28H36N6O2S. The summed E-state index contributed by atoms with van der Waals surface area (Å²) in [6.07, 6.45) is 3.96. The van der Waals surface area contributed by atoms with Crippen LogP contribution < -0.4 is 22.3 Å². The summed E-state index contributed by atoms with van der Waals surface area (Å²) in [5.74, 6) is 0.789. The molecule has 0 spiro atoms. The van der Waals surface area contributed by atoms with Gasteiger partial charge in [-0.05, 0) is 61.0 Å². The third-order valence-corrected chi connectivity index (χ3v) is 7.27. The molecule has 0 aliphatic rings. The van der Waals surface area contributed by atoms with Crippen molar-refractivity contribution in [2.24, 2.45) is 0 Å². The predicted octanol–water partition coefficient (Wildman–Crippen LogP) is 3.52. The van der Waals surface area contributed by atoms with Crippen LogP contribution in [-0.4, -0.2) is 38.0 Å². The van der Waals surface area contributed by atoms with E-state index in [0.717, 1.165) is 23.5 Å². The number of nitrogen functional groups attached to an aromatic ring is 1. The maximum Gasteiger partial charge on any atom is 0.332 e. The van der Waals surface area contributed by atoms with Gasteiger partial charge in [-0.25, -0.2) is 9.78 Å². The lowest BCUT2D eigenvalue weighted by atomic mass is 10.1. The number of nitrogens with one attached hydrogen (secondary N) is 1. The topological polar surface area (TPSA) is 99.9 Å². The molecule has 4 aromatic rings. The summed E-state index contributed by atoms with van der Waals surface area (Å²) in [5.41, 5.74) is 9.12. The van der Waals surface area contributed by atoms with Crippen LogP contribution >= 0.6 is 11.8 Å². The number of nitrogens with zero attached hydrogens (tertiary/aromatic N) is 4. The quantitative estimate of drug-likeness (QED) is 0.168. The minimum absolute atomic E-state index is 0.265. The summed E-state index contributed by atoms with van der Waals surface area (Å²) in [7, 11) is 0. The van der Waals surface area contributed by atoms with Gasteiger partial charge in [-0.15, -0.1) is 11.8 Å². The molecule has 2 heterocycles. The van der Waals surface area contributed by atoms with E-state index in [0.29, 0.717) is 62.3 Å². The normalized spacial score (nSPS) is 11.4. The number of rotatable bonds is 12. The van der Waals surface area contributed by atoms with Crippen molar-refractivity contribution in [3.05, 3.63) is 86.3 Å². The number of fused-ring (bicyclic) bond motifs is 1. The molecule has 0 bridgehead atoms. The molecule has 4 rings (SSSR count). The SMILES string of the molecule is CCCn1c(=O)c2c(nc(Cc3ccc(SC)cc3)n2CCNCC)n(CCc2ccc(N)cc2)c1=O. The van der Waals surface area contributed by atoms with Crippen molar-refractivity contribution in [1.29, 1.82) is 0 Å². The molecule has 0 atom stereocenters. The third kappa shape index (κ3) is 5.99. The Balaban J connectivity index is 1.84. The predicted molar refractivity (Wildman–Crippen MR) is 153 cm³/mol. The number of hydrogen-bond acceptors (Lipinski definition) is 6. The first-order chi connectivity index (χ1) is 18.0. The Bertz CT molecular complexity index is 1450. The first-order valence-electron chi connectivity index (χ1n) is 12.9. The molecule has 37 heavy (non-hydrogen) atoms. The number of nitrogens with two attached hydrogens (primary N) is 1. The zero-order valence-electron chi connectivity index (χ0n) is 21.9. The fraction of sp³-hybridized carbons (Fsp3) is 0.393. The average Bonchev–Trinajstić information content (AvgIpc) is 3.26. The Hall–Kier alpha value is -3.30. The second-order valence-electron chi connectivity index (χ2n) is 9.11. The van der Waals surface area contributed by atoms with E-state index in [4.69, 9.17) is 10.7 Å². The van der Waals surface area contributed by atoms with E-state index < -0.39 is 0 Å². The first-order valence-corrected chi connectivity index (χ1v) is 14.1. The highest BCUT2D eigenvalue weighted by Crippen LogP contribution is 2.19. The molecule has 0 unspecified atom stereocenters. The van der Waals surface area contributed by atoms with Gasteiger partial charge in [-0.2, -0.15) is 0 Å². The van der Waals surface area contributed by atoms with Crippen LogP contribution in [0.1, 0.15) is 37.2 Å². The van der Waals surface area contributed by atoms with Crippen molar-refractivity contribution in [2.45, 2.75) is 57.6 Å². The molecule has 0 aliphatic carbocycles. The summed E-state index contributed by atoms with van der Waals surface area (Å²) < 4.78 is 5.05. The van der Waals surface area contributed by atoms with Crippen LogP contribution in [0.3, 0.4) is 0 Å². The summed E-state index contributed by atoms with van der Waals surface area (Å²) in [6, 6.07) is 16.1. The zero-order valence-corrected chi connectivity index (χ0v) is 22.7. The van der Waals surface area contributed by atoms with Gasteiger partial charge < -0.3 is 15.6 Å². The van der Waals surface area contributed by atoms with E-state index in [-0.39, 0.29) is 11.2 Å². The van der Waals surface area contributed by atoms with Crippen molar-refractivity contribution in [1.82, 2.24) is 24.0 Å². The molecule has 0 saturated carbocycles. The van der Waals surface area contributed by atoms with Crippen LogP contribution in [0.2, 0.25) is 0 Å². The minimum atomic E-state index is -0.304. The number of anilines is 1. The van der Waals surface area contributed by atoms with E-state index >= 15 is 0 Å². The Morgan fingerprint density at radius 1 is 0.892 bits per heavy atom. The second-order valence-corrected chi connectivity index (χ2v) is 9.99. The highest BCUT2D eigenvalue weighted by molar-refractivity contribution is 7.98. The number of aromatic nitrogens is 4. The van der Waals surface area contributed by atoms with Crippen molar-refractivity contribution in [2.75, 3.05) is 25.1 Å². The Morgan fingerprint density at radius 2 is 1.59 bits per heavy atom. The lowest BCUT2D eigenvalue weighted by molar-refractivity contribution is 0.555. The Kier molecular flexibility index (Phi) is 8.89. The number of hydrogen-bond donors (Lipinski definition) is 2. The van der Waals surface area contributed by atoms with E-state index in [1.165, 1.54) is 9.46 Å². The average molecular weight is 521 g/mol. The molecule has 0 fully saturated rings. The molecule has 0 aliphatic heterocycles. The number of imidazole rings is 1. The number of thioether (sulfide) groups is 1. The van der Waals surface area contributed by atoms with Gasteiger partial charge in [0.2, 0.25) is 0 Å². The zero-order chi connectivity index (χ0) is 26.4. The third-order valence-electron chi connectivity index (χ3n) is 6.53. The molecule has 0 amide bonds. The molecular weight excluding hydrogens is 484 g/mol. The fourth-order valence-corrected chi connectivity index (χ4v) is 4.96. The van der Waals surface area contributed by atoms with Gasteiger partial charge in [0, 0.05) is 43.2 Å². The lowest BCUT2D eigenvalue weighted by Crippen LogP contribution is -2.41. The molecule has 196 valence electrons. The number of benzene rings is 2. The van der Waals surface area contributed by atoms with E-state index in [2.05, 4.69) is 42.8 Å². The van der Waals surface area contributed by atoms with Crippen LogP contribution in [0.4, 0.5) is 5.69 Å². The van der Waals surface area contributed by atoms with Crippen LogP contribution in [0.15, 0.2) is 63.0 Å². The summed E-state index contributed by atoms with van der Waals surface area (Å²) in [6.45, 7) is 6.97. The number of aryl methyl sites for hydroxylation is 2. The van der Waals surface area contributed by atoms with Crippen molar-refractivity contribution >= 4 is 28.6 Å². The maximum absolute atomic E-state index is 13.7. The first kappa shape index (κ1) is 26.8. The molecule has 3 N–H and O–H groups in total. The van der Waals surface area contributed by atoms with Gasteiger partial charge in [0.15, 0.2) is 11.2 Å². The van der Waals surface area contributed by atoms with Crippen LogP contribution in [-0.2, 0) is 32.5 Å². The van der Waals surface area contributed by atoms with E-state index in [1.807, 2.05) is 35.8 Å². The summed E-state index contributed by atoms with van der Waals surface area (Å²) in [4.78, 5) is 33.3. The minimum Gasteiger partial charge on any atom is -0.399 e. The molecule has 0 radical (unpaired) electrons. The van der Waals surface area contributed by atoms with Crippen molar-refractivity contribution in [3.8, 4) is 0 Å². The van der Waals surface area contributed by atoms with Gasteiger partial charge in [-0.3, -0.25) is 13.9 Å². The summed E-state index contributed by atoms with van der Waals surface area (Å²) >= 11 is 1.70. The monoisotopic (exact) mass is 520 g/mol. The van der Waals surface area contributed by atoms with Gasteiger partial charge in [0.05, 0.1) is 0 Å². The van der Waals surface area contributed by atoms with Crippen LogP contribution in [0.5, 0.6) is 0 Å². The maximum atomic E-state index is 13.7. The lowest BCUT2D eigenvalue weighted by Gasteiger charge is -2.13. The molecule has 9 heteroatoms. The van der Waals surface area contributed by atoms with Crippen molar-refractivity contribution < 1.29 is 0 Å². The Morgan fingerprint density at radius 3 is 2.24 bits per heavy atom. The van der Waals surface area contributed by atoms with E-state index in [1.54, 1.807) is 16.3 Å². The van der Waals surface area contributed by atoms with Gasteiger partial charge in [0.25, 0.3) is 5.56 Å². The Labute approximate surface area is 221 Å². The number of likely N-dealkylation sites (N-methyl/N-ethyl adjacent to an activating group) is 1. The van der Waals surface area contributed by atoms with E-state index in [9.17, 15) is 9.59 Å². The molecule has 0 saturated heterocycles. The summed E-state index contributed by atoms with van der Waals surface area (Å²) in [5, 5.41) is 3.35. The van der Waals surface area contributed by atoms with Crippen LogP contribution in [0.25, 0.3) is 11.2 Å². The highest BCUT2D eigenvalue weighted by atomic mass is 32.2. The largest absolute Gasteiger partial charge is 0.399 e.